The van der Waals surface area contributed by atoms with E-state index in [0.29, 0.717) is 24.8 Å². The Morgan fingerprint density at radius 3 is 2.60 bits per heavy atom. The molecule has 0 saturated carbocycles. The van der Waals surface area contributed by atoms with Gasteiger partial charge in [-0.3, -0.25) is 0 Å². The molecule has 0 bridgehead atoms. The van der Waals surface area contributed by atoms with E-state index in [0.717, 1.165) is 17.0 Å². The number of aryl methyl sites for hydroxylation is 1. The molecule has 0 saturated heterocycles. The minimum absolute atomic E-state index is 0.260. The summed E-state index contributed by atoms with van der Waals surface area (Å²) in [7, 11) is 3.30. The van der Waals surface area contributed by atoms with Crippen molar-refractivity contribution in [3.8, 4) is 5.88 Å². The van der Waals surface area contributed by atoms with Crippen LogP contribution in [-0.4, -0.2) is 41.2 Å². The maximum Gasteiger partial charge on any atom is 0.215 e. The lowest BCUT2D eigenvalue weighted by atomic mass is 10.1. The summed E-state index contributed by atoms with van der Waals surface area (Å²) < 4.78 is 12.6. The van der Waals surface area contributed by atoms with Crippen LogP contribution in [0.3, 0.4) is 0 Å². The van der Waals surface area contributed by atoms with Gasteiger partial charge in [-0.25, -0.2) is 4.98 Å². The molecule has 0 atom stereocenters. The van der Waals surface area contributed by atoms with Gasteiger partial charge in [0.25, 0.3) is 0 Å². The molecule has 2 rings (SSSR count). The van der Waals surface area contributed by atoms with E-state index in [1.807, 2.05) is 12.1 Å². The molecule has 110 valence electrons. The van der Waals surface area contributed by atoms with Crippen LogP contribution in [0.2, 0.25) is 0 Å². The van der Waals surface area contributed by atoms with E-state index in [2.05, 4.69) is 28.4 Å². The average Bonchev–Trinajstić information content (AvgIpc) is 2.76. The van der Waals surface area contributed by atoms with Crippen LogP contribution in [0.15, 0.2) is 12.1 Å². The lowest BCUT2D eigenvalue weighted by molar-refractivity contribution is 0.110. The molecule has 20 heavy (non-hydrogen) atoms. The molecule has 2 heterocycles. The highest BCUT2D eigenvalue weighted by atomic mass is 35.5. The zero-order valence-corrected chi connectivity index (χ0v) is 13.1. The van der Waals surface area contributed by atoms with Crippen molar-refractivity contribution in [2.75, 3.05) is 26.7 Å². The summed E-state index contributed by atoms with van der Waals surface area (Å²) in [5.74, 6) is 2.01. The van der Waals surface area contributed by atoms with Gasteiger partial charge in [-0.2, -0.15) is 4.98 Å². The van der Waals surface area contributed by atoms with E-state index in [9.17, 15) is 0 Å². The first-order chi connectivity index (χ1) is 9.53. The van der Waals surface area contributed by atoms with E-state index in [1.54, 1.807) is 14.2 Å². The first-order valence-corrected chi connectivity index (χ1v) is 7.04. The second-order valence-corrected chi connectivity index (χ2v) is 5.62. The van der Waals surface area contributed by atoms with E-state index in [-0.39, 0.29) is 5.54 Å². The van der Waals surface area contributed by atoms with Gasteiger partial charge in [-0.1, -0.05) is 0 Å². The lowest BCUT2D eigenvalue weighted by Crippen LogP contribution is -2.33. The number of hydrogen-bond acceptors (Lipinski definition) is 4. The number of methoxy groups -OCH3 is 2. The van der Waals surface area contributed by atoms with Gasteiger partial charge in [0.15, 0.2) is 5.65 Å². The third kappa shape index (κ3) is 2.74. The minimum Gasteiger partial charge on any atom is -0.481 e. The van der Waals surface area contributed by atoms with Crippen LogP contribution in [0.5, 0.6) is 5.88 Å². The van der Waals surface area contributed by atoms with Crippen molar-refractivity contribution in [3.63, 3.8) is 0 Å². The lowest BCUT2D eigenvalue weighted by Gasteiger charge is -2.28. The SMILES string of the molecule is COCC(C)(C)n1c(CCCl)nc2ccc(OC)nc21. The Morgan fingerprint density at radius 2 is 2.00 bits per heavy atom. The third-order valence-corrected chi connectivity index (χ3v) is 3.37. The number of imidazole rings is 1. The number of alkyl halides is 1. The summed E-state index contributed by atoms with van der Waals surface area (Å²) >= 11 is 5.89. The molecule has 0 fully saturated rings. The quantitative estimate of drug-likeness (QED) is 0.769. The predicted molar refractivity (Wildman–Crippen MR) is 79.7 cm³/mol. The summed E-state index contributed by atoms with van der Waals surface area (Å²) in [4.78, 5) is 9.16. The Bertz CT molecular complexity index is 595. The highest BCUT2D eigenvalue weighted by Gasteiger charge is 2.27. The highest BCUT2D eigenvalue weighted by molar-refractivity contribution is 6.17. The third-order valence-electron chi connectivity index (χ3n) is 3.18. The van der Waals surface area contributed by atoms with Crippen LogP contribution in [-0.2, 0) is 16.7 Å². The van der Waals surface area contributed by atoms with E-state index in [1.165, 1.54) is 0 Å². The molecule has 6 heteroatoms. The zero-order valence-electron chi connectivity index (χ0n) is 12.3. The van der Waals surface area contributed by atoms with Crippen molar-refractivity contribution in [1.82, 2.24) is 14.5 Å². The van der Waals surface area contributed by atoms with Crippen molar-refractivity contribution in [3.05, 3.63) is 18.0 Å². The smallest absolute Gasteiger partial charge is 0.215 e. The Labute approximate surface area is 123 Å². The molecular formula is C14H20ClN3O2. The molecule has 0 unspecified atom stereocenters. The topological polar surface area (TPSA) is 49.2 Å². The fraction of sp³-hybridized carbons (Fsp3) is 0.571. The van der Waals surface area contributed by atoms with E-state index in [4.69, 9.17) is 21.1 Å². The Kier molecular flexibility index (Phi) is 4.50. The van der Waals surface area contributed by atoms with Crippen molar-refractivity contribution >= 4 is 22.8 Å². The van der Waals surface area contributed by atoms with Crippen LogP contribution in [0.1, 0.15) is 19.7 Å². The van der Waals surface area contributed by atoms with Gasteiger partial charge in [0, 0.05) is 25.5 Å². The molecule has 0 aromatic carbocycles. The average molecular weight is 298 g/mol. The molecule has 0 amide bonds. The summed E-state index contributed by atoms with van der Waals surface area (Å²) in [6, 6.07) is 3.73. The molecule has 0 aliphatic carbocycles. The minimum atomic E-state index is -0.260. The fourth-order valence-corrected chi connectivity index (χ4v) is 2.58. The van der Waals surface area contributed by atoms with Gasteiger partial charge in [-0.05, 0) is 19.9 Å². The number of pyridine rings is 1. The number of hydrogen-bond donors (Lipinski definition) is 0. The van der Waals surface area contributed by atoms with Gasteiger partial charge in [-0.15, -0.1) is 11.6 Å². The molecule has 0 radical (unpaired) electrons. The van der Waals surface area contributed by atoms with Crippen LogP contribution < -0.4 is 4.74 Å². The first kappa shape index (κ1) is 15.1. The Morgan fingerprint density at radius 1 is 1.25 bits per heavy atom. The second kappa shape index (κ2) is 5.97. The van der Waals surface area contributed by atoms with Gasteiger partial charge < -0.3 is 14.0 Å². The maximum absolute atomic E-state index is 5.89. The van der Waals surface area contributed by atoms with Gasteiger partial charge in [0.05, 0.1) is 19.3 Å². The standard InChI is InChI=1S/C14H20ClN3O2/c1-14(2,9-19-3)18-11(7-8-15)16-10-5-6-12(20-4)17-13(10)18/h5-6H,7-9H2,1-4H3. The molecule has 0 aliphatic heterocycles. The summed E-state index contributed by atoms with van der Waals surface area (Å²) in [6.45, 7) is 4.75. The summed E-state index contributed by atoms with van der Waals surface area (Å²) in [5, 5.41) is 0. The van der Waals surface area contributed by atoms with Gasteiger partial charge in [0.1, 0.15) is 11.3 Å². The van der Waals surface area contributed by atoms with Crippen LogP contribution in [0.4, 0.5) is 0 Å². The van der Waals surface area contributed by atoms with Gasteiger partial charge >= 0.3 is 0 Å². The molecule has 0 aliphatic rings. The van der Waals surface area contributed by atoms with Crippen molar-refractivity contribution in [1.29, 1.82) is 0 Å². The van der Waals surface area contributed by atoms with Crippen LogP contribution in [0.25, 0.3) is 11.2 Å². The fourth-order valence-electron chi connectivity index (χ4n) is 2.41. The van der Waals surface area contributed by atoms with Crippen molar-refractivity contribution < 1.29 is 9.47 Å². The molecule has 0 spiro atoms. The van der Waals surface area contributed by atoms with E-state index < -0.39 is 0 Å². The normalized spacial score (nSPS) is 12.1. The largest absolute Gasteiger partial charge is 0.481 e. The Hall–Kier alpha value is -1.33. The van der Waals surface area contributed by atoms with E-state index >= 15 is 0 Å². The van der Waals surface area contributed by atoms with Crippen molar-refractivity contribution in [2.45, 2.75) is 25.8 Å². The monoisotopic (exact) mass is 297 g/mol. The van der Waals surface area contributed by atoms with Gasteiger partial charge in [0.2, 0.25) is 5.88 Å². The first-order valence-electron chi connectivity index (χ1n) is 6.51. The zero-order chi connectivity index (χ0) is 14.8. The van der Waals surface area contributed by atoms with Crippen LogP contribution in [0, 0.1) is 0 Å². The maximum atomic E-state index is 5.89. The predicted octanol–water partition coefficient (Wildman–Crippen LogP) is 2.60. The highest BCUT2D eigenvalue weighted by Crippen LogP contribution is 2.26. The summed E-state index contributed by atoms with van der Waals surface area (Å²) in [5.41, 5.74) is 1.38. The number of aromatic nitrogens is 3. The Balaban J connectivity index is 2.65. The number of halogens is 1. The molecule has 2 aromatic heterocycles. The van der Waals surface area contributed by atoms with Crippen LogP contribution >= 0.6 is 11.6 Å². The molecular weight excluding hydrogens is 278 g/mol. The number of nitrogens with zero attached hydrogens (tertiary/aromatic N) is 3. The van der Waals surface area contributed by atoms with Crippen molar-refractivity contribution in [2.24, 2.45) is 0 Å². The summed E-state index contributed by atoms with van der Waals surface area (Å²) in [6.07, 6.45) is 0.688. The second-order valence-electron chi connectivity index (χ2n) is 5.24. The molecule has 0 N–H and O–H groups in total. The number of fused-ring (bicyclic) bond motifs is 1. The molecule has 2 aromatic rings. The number of rotatable bonds is 6. The number of ether oxygens (including phenoxy) is 2. The molecule has 5 nitrogen and oxygen atoms in total.